The molecule has 1 aromatic rings. The van der Waals surface area contributed by atoms with Crippen LogP contribution in [0.1, 0.15) is 18.4 Å². The zero-order valence-corrected chi connectivity index (χ0v) is 9.75. The molecule has 0 aliphatic carbocycles. The minimum Gasteiger partial charge on any atom is -0.338 e. The first-order valence-electron chi connectivity index (χ1n) is 5.88. The highest BCUT2D eigenvalue weighted by Crippen LogP contribution is 2.09. The van der Waals surface area contributed by atoms with Crippen molar-refractivity contribution in [1.29, 1.82) is 0 Å². The van der Waals surface area contributed by atoms with Crippen LogP contribution in [-0.2, 0) is 4.79 Å². The van der Waals surface area contributed by atoms with Crippen LogP contribution in [0.3, 0.4) is 0 Å². The van der Waals surface area contributed by atoms with Crippen molar-refractivity contribution in [3.05, 3.63) is 36.2 Å². The van der Waals surface area contributed by atoms with Crippen LogP contribution in [0.15, 0.2) is 30.6 Å². The van der Waals surface area contributed by atoms with Gasteiger partial charge in [0.1, 0.15) is 0 Å². The van der Waals surface area contributed by atoms with E-state index in [1.807, 2.05) is 12.1 Å². The molecule has 0 radical (unpaired) electrons. The summed E-state index contributed by atoms with van der Waals surface area (Å²) in [5, 5.41) is 0. The molecular formula is C13H17N3O. The van der Waals surface area contributed by atoms with Crippen LogP contribution in [0.25, 0.3) is 6.08 Å². The fraction of sp³-hybridized carbons (Fsp3) is 0.385. The van der Waals surface area contributed by atoms with Gasteiger partial charge in [-0.1, -0.05) is 6.07 Å². The topological polar surface area (TPSA) is 59.2 Å². The van der Waals surface area contributed by atoms with Gasteiger partial charge in [0.15, 0.2) is 0 Å². The minimum absolute atomic E-state index is 0.0315. The summed E-state index contributed by atoms with van der Waals surface area (Å²) in [5.74, 6) is 0.0315. The van der Waals surface area contributed by atoms with E-state index < -0.39 is 0 Å². The maximum atomic E-state index is 11.9. The quantitative estimate of drug-likeness (QED) is 0.774. The summed E-state index contributed by atoms with van der Waals surface area (Å²) in [7, 11) is 0. The van der Waals surface area contributed by atoms with E-state index in [1.54, 1.807) is 29.4 Å². The average Bonchev–Trinajstić information content (AvgIpc) is 2.37. The molecule has 1 unspecified atom stereocenters. The highest BCUT2D eigenvalue weighted by atomic mass is 16.2. The van der Waals surface area contributed by atoms with Gasteiger partial charge in [0, 0.05) is 37.6 Å². The molecule has 1 aliphatic heterocycles. The molecule has 0 bridgehead atoms. The molecule has 0 aromatic carbocycles. The molecule has 1 fully saturated rings. The van der Waals surface area contributed by atoms with Gasteiger partial charge in [0.25, 0.3) is 0 Å². The lowest BCUT2D eigenvalue weighted by Gasteiger charge is -2.29. The lowest BCUT2D eigenvalue weighted by molar-refractivity contribution is -0.127. The largest absolute Gasteiger partial charge is 0.338 e. The van der Waals surface area contributed by atoms with Crippen LogP contribution >= 0.6 is 0 Å². The van der Waals surface area contributed by atoms with Gasteiger partial charge < -0.3 is 10.6 Å². The summed E-state index contributed by atoms with van der Waals surface area (Å²) in [6, 6.07) is 3.89. The number of likely N-dealkylation sites (tertiary alicyclic amines) is 1. The molecule has 2 rings (SSSR count). The van der Waals surface area contributed by atoms with Gasteiger partial charge >= 0.3 is 0 Å². The zero-order valence-electron chi connectivity index (χ0n) is 9.75. The maximum absolute atomic E-state index is 11.9. The van der Waals surface area contributed by atoms with Crippen LogP contribution in [0.4, 0.5) is 0 Å². The second kappa shape index (κ2) is 5.59. The van der Waals surface area contributed by atoms with E-state index in [4.69, 9.17) is 5.73 Å². The lowest BCUT2D eigenvalue weighted by atomic mass is 10.1. The molecule has 0 saturated carbocycles. The maximum Gasteiger partial charge on any atom is 0.246 e. The number of pyridine rings is 1. The van der Waals surface area contributed by atoms with Gasteiger partial charge in [-0.15, -0.1) is 0 Å². The summed E-state index contributed by atoms with van der Waals surface area (Å²) in [5.41, 5.74) is 6.77. The molecule has 1 amide bonds. The third-order valence-electron chi connectivity index (χ3n) is 2.87. The molecule has 0 spiro atoms. The number of hydrogen-bond acceptors (Lipinski definition) is 3. The Balaban J connectivity index is 1.94. The first-order valence-corrected chi connectivity index (χ1v) is 5.88. The van der Waals surface area contributed by atoms with E-state index in [-0.39, 0.29) is 11.9 Å². The van der Waals surface area contributed by atoms with Gasteiger partial charge in [0.2, 0.25) is 5.91 Å². The number of nitrogens with two attached hydrogens (primary N) is 1. The summed E-state index contributed by atoms with van der Waals surface area (Å²) >= 11 is 0. The van der Waals surface area contributed by atoms with E-state index in [0.29, 0.717) is 6.54 Å². The van der Waals surface area contributed by atoms with Crippen LogP contribution < -0.4 is 5.73 Å². The smallest absolute Gasteiger partial charge is 0.246 e. The SMILES string of the molecule is NC1CCCN(C(=O)/C=C/c2cccnc2)C1. The first-order chi connectivity index (χ1) is 8.25. The zero-order chi connectivity index (χ0) is 12.1. The number of carbonyl (C=O) groups excluding carboxylic acids is 1. The highest BCUT2D eigenvalue weighted by Gasteiger charge is 2.19. The normalized spacial score (nSPS) is 20.8. The van der Waals surface area contributed by atoms with Crippen molar-refractivity contribution < 1.29 is 4.79 Å². The number of carbonyl (C=O) groups is 1. The van der Waals surface area contributed by atoms with Gasteiger partial charge in [-0.2, -0.15) is 0 Å². The average molecular weight is 231 g/mol. The molecule has 4 nitrogen and oxygen atoms in total. The van der Waals surface area contributed by atoms with Crippen molar-refractivity contribution in [2.45, 2.75) is 18.9 Å². The van der Waals surface area contributed by atoms with Crippen molar-refractivity contribution in [2.24, 2.45) is 5.73 Å². The molecule has 2 heterocycles. The number of piperidine rings is 1. The number of hydrogen-bond donors (Lipinski definition) is 1. The van der Waals surface area contributed by atoms with Crippen molar-refractivity contribution in [3.8, 4) is 0 Å². The Hall–Kier alpha value is -1.68. The summed E-state index contributed by atoms with van der Waals surface area (Å²) < 4.78 is 0. The molecule has 90 valence electrons. The molecule has 1 aliphatic rings. The Morgan fingerprint density at radius 2 is 2.47 bits per heavy atom. The molecule has 4 heteroatoms. The van der Waals surface area contributed by atoms with E-state index in [2.05, 4.69) is 4.98 Å². The predicted molar refractivity (Wildman–Crippen MR) is 67.1 cm³/mol. The molecule has 1 aromatic heterocycles. The summed E-state index contributed by atoms with van der Waals surface area (Å²) in [4.78, 5) is 17.7. The predicted octanol–water partition coefficient (Wildman–Crippen LogP) is 1.04. The van der Waals surface area contributed by atoms with E-state index in [9.17, 15) is 4.79 Å². The molecule has 2 N–H and O–H groups in total. The standard InChI is InChI=1S/C13H17N3O/c14-12-4-2-8-16(10-12)13(17)6-5-11-3-1-7-15-9-11/h1,3,5-7,9,12H,2,4,8,10,14H2/b6-5+. The fourth-order valence-electron chi connectivity index (χ4n) is 1.96. The van der Waals surface area contributed by atoms with Crippen LogP contribution in [0, 0.1) is 0 Å². The molecular weight excluding hydrogens is 214 g/mol. The van der Waals surface area contributed by atoms with Crippen molar-refractivity contribution in [3.63, 3.8) is 0 Å². The Bertz CT molecular complexity index is 402. The minimum atomic E-state index is 0.0315. The number of amides is 1. The summed E-state index contributed by atoms with van der Waals surface area (Å²) in [6.07, 6.45) is 8.82. The molecule has 17 heavy (non-hydrogen) atoms. The van der Waals surface area contributed by atoms with Crippen LogP contribution in [0.5, 0.6) is 0 Å². The molecule has 1 atom stereocenters. The van der Waals surface area contributed by atoms with Gasteiger partial charge in [-0.25, -0.2) is 0 Å². The monoisotopic (exact) mass is 231 g/mol. The second-order valence-corrected chi connectivity index (χ2v) is 4.31. The third-order valence-corrected chi connectivity index (χ3v) is 2.87. The van der Waals surface area contributed by atoms with Gasteiger partial charge in [0.05, 0.1) is 0 Å². The lowest BCUT2D eigenvalue weighted by Crippen LogP contribution is -2.45. The Kier molecular flexibility index (Phi) is 3.88. The van der Waals surface area contributed by atoms with Crippen molar-refractivity contribution in [2.75, 3.05) is 13.1 Å². The Labute approximate surface area is 101 Å². The Morgan fingerprint density at radius 3 is 3.18 bits per heavy atom. The summed E-state index contributed by atoms with van der Waals surface area (Å²) in [6.45, 7) is 1.47. The number of aromatic nitrogens is 1. The fourth-order valence-corrected chi connectivity index (χ4v) is 1.96. The Morgan fingerprint density at radius 1 is 1.59 bits per heavy atom. The first kappa shape index (κ1) is 11.8. The van der Waals surface area contributed by atoms with Gasteiger partial charge in [-0.05, 0) is 30.5 Å². The third kappa shape index (κ3) is 3.39. The van der Waals surface area contributed by atoms with E-state index >= 15 is 0 Å². The van der Waals surface area contributed by atoms with Crippen molar-refractivity contribution in [1.82, 2.24) is 9.88 Å². The highest BCUT2D eigenvalue weighted by molar-refractivity contribution is 5.91. The second-order valence-electron chi connectivity index (χ2n) is 4.31. The van der Waals surface area contributed by atoms with Crippen LogP contribution in [0.2, 0.25) is 0 Å². The number of nitrogens with zero attached hydrogens (tertiary/aromatic N) is 2. The van der Waals surface area contributed by atoms with Crippen LogP contribution in [-0.4, -0.2) is 34.9 Å². The number of rotatable bonds is 2. The van der Waals surface area contributed by atoms with Gasteiger partial charge in [-0.3, -0.25) is 9.78 Å². The van der Waals surface area contributed by atoms with Crippen molar-refractivity contribution >= 4 is 12.0 Å². The van der Waals surface area contributed by atoms with E-state index in [0.717, 1.165) is 24.9 Å². The van der Waals surface area contributed by atoms with E-state index in [1.165, 1.54) is 0 Å². The molecule has 1 saturated heterocycles.